The van der Waals surface area contributed by atoms with Crippen molar-refractivity contribution in [2.45, 2.75) is 26.7 Å². The first kappa shape index (κ1) is 15.8. The number of carbonyl (C=O) groups excluding carboxylic acids is 1. The summed E-state index contributed by atoms with van der Waals surface area (Å²) in [7, 11) is 0. The van der Waals surface area contributed by atoms with Crippen LogP contribution in [0.2, 0.25) is 0 Å². The molecule has 0 aromatic heterocycles. The standard InChI is InChI=1S/C17H27N3O/c1-14(2)13-19-9-11-20(12-10-19)17(21)8-7-15-5-3-4-6-16(15)18/h3-6,14H,7-13,18H2,1-2H3. The van der Waals surface area contributed by atoms with Crippen molar-refractivity contribution in [2.75, 3.05) is 38.5 Å². The highest BCUT2D eigenvalue weighted by Crippen LogP contribution is 2.14. The topological polar surface area (TPSA) is 49.6 Å². The minimum atomic E-state index is 0.252. The van der Waals surface area contributed by atoms with Crippen molar-refractivity contribution in [3.8, 4) is 0 Å². The molecular weight excluding hydrogens is 262 g/mol. The molecule has 1 heterocycles. The first-order valence-electron chi connectivity index (χ1n) is 7.89. The summed E-state index contributed by atoms with van der Waals surface area (Å²) in [5.41, 5.74) is 7.78. The molecule has 1 aromatic rings. The maximum Gasteiger partial charge on any atom is 0.222 e. The average Bonchev–Trinajstić information content (AvgIpc) is 2.46. The predicted octanol–water partition coefficient (Wildman–Crippen LogP) is 2.00. The maximum absolute atomic E-state index is 12.3. The molecule has 0 saturated carbocycles. The molecule has 2 rings (SSSR count). The minimum absolute atomic E-state index is 0.252. The van der Waals surface area contributed by atoms with Gasteiger partial charge in [0.1, 0.15) is 0 Å². The summed E-state index contributed by atoms with van der Waals surface area (Å²) in [5.74, 6) is 0.941. The van der Waals surface area contributed by atoms with E-state index in [0.29, 0.717) is 12.3 Å². The Bertz CT molecular complexity index is 465. The number of anilines is 1. The van der Waals surface area contributed by atoms with Crippen LogP contribution in [0.5, 0.6) is 0 Å². The monoisotopic (exact) mass is 289 g/mol. The van der Waals surface area contributed by atoms with E-state index in [9.17, 15) is 4.79 Å². The number of nitrogens with zero attached hydrogens (tertiary/aromatic N) is 2. The highest BCUT2D eigenvalue weighted by molar-refractivity contribution is 5.76. The zero-order valence-corrected chi connectivity index (χ0v) is 13.2. The van der Waals surface area contributed by atoms with Crippen molar-refractivity contribution in [1.82, 2.24) is 9.80 Å². The third kappa shape index (κ3) is 4.74. The normalized spacial score (nSPS) is 16.4. The lowest BCUT2D eigenvalue weighted by molar-refractivity contribution is -0.132. The molecule has 1 aliphatic rings. The van der Waals surface area contributed by atoms with E-state index in [2.05, 4.69) is 18.7 Å². The van der Waals surface area contributed by atoms with E-state index in [1.165, 1.54) is 0 Å². The molecular formula is C17H27N3O. The van der Waals surface area contributed by atoms with Crippen molar-refractivity contribution < 1.29 is 4.79 Å². The van der Waals surface area contributed by atoms with E-state index in [4.69, 9.17) is 5.73 Å². The van der Waals surface area contributed by atoms with Gasteiger partial charge >= 0.3 is 0 Å². The van der Waals surface area contributed by atoms with Crippen molar-refractivity contribution >= 4 is 11.6 Å². The number of nitrogen functional groups attached to an aromatic ring is 1. The molecule has 1 aromatic carbocycles. The lowest BCUT2D eigenvalue weighted by atomic mass is 10.1. The number of rotatable bonds is 5. The smallest absolute Gasteiger partial charge is 0.222 e. The molecule has 0 bridgehead atoms. The number of para-hydroxylation sites is 1. The molecule has 4 heteroatoms. The van der Waals surface area contributed by atoms with Crippen molar-refractivity contribution in [2.24, 2.45) is 5.92 Å². The van der Waals surface area contributed by atoms with Crippen molar-refractivity contribution in [3.63, 3.8) is 0 Å². The summed E-state index contributed by atoms with van der Waals surface area (Å²) >= 11 is 0. The van der Waals surface area contributed by atoms with Crippen LogP contribution in [-0.4, -0.2) is 48.4 Å². The van der Waals surface area contributed by atoms with E-state index in [-0.39, 0.29) is 5.91 Å². The molecule has 0 atom stereocenters. The number of carbonyl (C=O) groups is 1. The Morgan fingerprint density at radius 1 is 1.19 bits per heavy atom. The van der Waals surface area contributed by atoms with Gasteiger partial charge in [0, 0.05) is 44.8 Å². The predicted molar refractivity (Wildman–Crippen MR) is 87.0 cm³/mol. The Kier molecular flexibility index (Phi) is 5.62. The molecule has 1 fully saturated rings. The van der Waals surface area contributed by atoms with Gasteiger partial charge in [-0.3, -0.25) is 9.69 Å². The van der Waals surface area contributed by atoms with Gasteiger partial charge in [0.25, 0.3) is 0 Å². The molecule has 0 unspecified atom stereocenters. The number of benzene rings is 1. The molecule has 1 amide bonds. The Morgan fingerprint density at radius 2 is 1.86 bits per heavy atom. The van der Waals surface area contributed by atoms with Crippen molar-refractivity contribution in [1.29, 1.82) is 0 Å². The van der Waals surface area contributed by atoms with E-state index in [0.717, 1.165) is 50.4 Å². The Morgan fingerprint density at radius 3 is 2.48 bits per heavy atom. The maximum atomic E-state index is 12.3. The first-order valence-corrected chi connectivity index (χ1v) is 7.89. The zero-order chi connectivity index (χ0) is 15.2. The number of aryl methyl sites for hydroxylation is 1. The molecule has 0 radical (unpaired) electrons. The Hall–Kier alpha value is -1.55. The zero-order valence-electron chi connectivity index (χ0n) is 13.2. The molecule has 1 saturated heterocycles. The number of amides is 1. The number of hydrogen-bond donors (Lipinski definition) is 1. The SMILES string of the molecule is CC(C)CN1CCN(C(=O)CCc2ccccc2N)CC1. The van der Waals surface area contributed by atoms with Gasteiger partial charge in [0.2, 0.25) is 5.91 Å². The summed E-state index contributed by atoms with van der Waals surface area (Å²) in [6.45, 7) is 9.31. The van der Waals surface area contributed by atoms with Gasteiger partial charge in [0.15, 0.2) is 0 Å². The molecule has 0 spiro atoms. The third-order valence-corrected chi connectivity index (χ3v) is 4.01. The van der Waals surface area contributed by atoms with Crippen LogP contribution >= 0.6 is 0 Å². The minimum Gasteiger partial charge on any atom is -0.399 e. The average molecular weight is 289 g/mol. The second-order valence-corrected chi connectivity index (χ2v) is 6.27. The third-order valence-electron chi connectivity index (χ3n) is 4.01. The van der Waals surface area contributed by atoms with Crippen LogP contribution in [-0.2, 0) is 11.2 Å². The lowest BCUT2D eigenvalue weighted by Gasteiger charge is -2.35. The highest BCUT2D eigenvalue weighted by atomic mass is 16.2. The lowest BCUT2D eigenvalue weighted by Crippen LogP contribution is -2.49. The van der Waals surface area contributed by atoms with Gasteiger partial charge in [-0.2, -0.15) is 0 Å². The summed E-state index contributed by atoms with van der Waals surface area (Å²) in [4.78, 5) is 16.7. The van der Waals surface area contributed by atoms with Gasteiger partial charge in [-0.15, -0.1) is 0 Å². The highest BCUT2D eigenvalue weighted by Gasteiger charge is 2.21. The first-order chi connectivity index (χ1) is 10.1. The largest absolute Gasteiger partial charge is 0.399 e. The number of nitrogens with two attached hydrogens (primary N) is 1. The van der Waals surface area contributed by atoms with Crippen LogP contribution in [0.1, 0.15) is 25.8 Å². The summed E-state index contributed by atoms with van der Waals surface area (Å²) in [6, 6.07) is 7.79. The van der Waals surface area contributed by atoms with Gasteiger partial charge < -0.3 is 10.6 Å². The van der Waals surface area contributed by atoms with Gasteiger partial charge in [-0.25, -0.2) is 0 Å². The van der Waals surface area contributed by atoms with Crippen LogP contribution < -0.4 is 5.73 Å². The van der Waals surface area contributed by atoms with Crippen LogP contribution in [0.4, 0.5) is 5.69 Å². The van der Waals surface area contributed by atoms with Crippen LogP contribution in [0, 0.1) is 5.92 Å². The van der Waals surface area contributed by atoms with E-state index in [1.807, 2.05) is 29.2 Å². The number of hydrogen-bond acceptors (Lipinski definition) is 3. The van der Waals surface area contributed by atoms with E-state index < -0.39 is 0 Å². The molecule has 1 aliphatic heterocycles. The number of piperazine rings is 1. The van der Waals surface area contributed by atoms with E-state index in [1.54, 1.807) is 0 Å². The van der Waals surface area contributed by atoms with Gasteiger partial charge in [-0.05, 0) is 24.0 Å². The summed E-state index contributed by atoms with van der Waals surface area (Å²) in [6.07, 6.45) is 1.29. The Labute approximate surface area is 127 Å². The molecule has 0 aliphatic carbocycles. The van der Waals surface area contributed by atoms with Crippen LogP contribution in [0.25, 0.3) is 0 Å². The van der Waals surface area contributed by atoms with Gasteiger partial charge in [-0.1, -0.05) is 32.0 Å². The van der Waals surface area contributed by atoms with Gasteiger partial charge in [0.05, 0.1) is 0 Å². The molecule has 4 nitrogen and oxygen atoms in total. The van der Waals surface area contributed by atoms with Crippen LogP contribution in [0.3, 0.4) is 0 Å². The van der Waals surface area contributed by atoms with E-state index >= 15 is 0 Å². The second kappa shape index (κ2) is 7.46. The summed E-state index contributed by atoms with van der Waals surface area (Å²) < 4.78 is 0. The molecule has 2 N–H and O–H groups in total. The quantitative estimate of drug-likeness (QED) is 0.844. The Balaban J connectivity index is 1.76. The summed E-state index contributed by atoms with van der Waals surface area (Å²) in [5, 5.41) is 0. The van der Waals surface area contributed by atoms with Crippen LogP contribution in [0.15, 0.2) is 24.3 Å². The fourth-order valence-corrected chi connectivity index (χ4v) is 2.86. The second-order valence-electron chi connectivity index (χ2n) is 6.27. The fourth-order valence-electron chi connectivity index (χ4n) is 2.86. The van der Waals surface area contributed by atoms with Crippen molar-refractivity contribution in [3.05, 3.63) is 29.8 Å². The molecule has 21 heavy (non-hydrogen) atoms. The fraction of sp³-hybridized carbons (Fsp3) is 0.588. The molecule has 116 valence electrons.